The Kier molecular flexibility index (Phi) is 3.41. The smallest absolute Gasteiger partial charge is 0.359 e. The van der Waals surface area contributed by atoms with Crippen LogP contribution in [0.1, 0.15) is 40.5 Å². The quantitative estimate of drug-likeness (QED) is 0.850. The maximum atomic E-state index is 11.7. The van der Waals surface area contributed by atoms with Crippen LogP contribution in [0.15, 0.2) is 30.3 Å². The molecule has 0 atom stereocenters. The Balaban J connectivity index is 1.82. The Morgan fingerprint density at radius 1 is 1.35 bits per heavy atom. The zero-order valence-electron chi connectivity index (χ0n) is 11.3. The van der Waals surface area contributed by atoms with Gasteiger partial charge in [0, 0.05) is 5.92 Å². The molecule has 1 N–H and O–H groups in total. The molecule has 1 aliphatic carbocycles. The molecule has 1 aromatic heterocycles. The fraction of sp³-hybridized carbons (Fsp3) is 0.333. The number of methoxy groups -OCH3 is 1. The van der Waals surface area contributed by atoms with Gasteiger partial charge in [-0.1, -0.05) is 30.3 Å². The van der Waals surface area contributed by atoms with Gasteiger partial charge < -0.3 is 9.47 Å². The van der Waals surface area contributed by atoms with Gasteiger partial charge in [-0.3, -0.25) is 5.10 Å². The molecule has 0 saturated heterocycles. The van der Waals surface area contributed by atoms with Crippen LogP contribution < -0.4 is 4.74 Å². The highest BCUT2D eigenvalue weighted by molar-refractivity contribution is 5.90. The van der Waals surface area contributed by atoms with Crippen molar-refractivity contribution in [2.45, 2.75) is 25.4 Å². The van der Waals surface area contributed by atoms with Crippen LogP contribution in [-0.4, -0.2) is 23.3 Å². The molecule has 0 aliphatic heterocycles. The second kappa shape index (κ2) is 5.36. The van der Waals surface area contributed by atoms with Crippen LogP contribution in [0.5, 0.6) is 5.75 Å². The van der Waals surface area contributed by atoms with Crippen LogP contribution in [0.3, 0.4) is 0 Å². The Morgan fingerprint density at radius 3 is 2.75 bits per heavy atom. The van der Waals surface area contributed by atoms with Gasteiger partial charge in [0.2, 0.25) is 0 Å². The average molecular weight is 272 g/mol. The zero-order valence-corrected chi connectivity index (χ0v) is 11.3. The van der Waals surface area contributed by atoms with Crippen molar-refractivity contribution in [1.29, 1.82) is 0 Å². The van der Waals surface area contributed by atoms with Gasteiger partial charge in [0.15, 0.2) is 11.4 Å². The third-order valence-corrected chi connectivity index (χ3v) is 3.33. The van der Waals surface area contributed by atoms with Crippen LogP contribution >= 0.6 is 0 Å². The van der Waals surface area contributed by atoms with Crippen molar-refractivity contribution >= 4 is 5.97 Å². The van der Waals surface area contributed by atoms with Gasteiger partial charge in [-0.25, -0.2) is 4.79 Å². The minimum absolute atomic E-state index is 0.297. The molecule has 104 valence electrons. The highest BCUT2D eigenvalue weighted by Crippen LogP contribution is 2.44. The normalized spacial score (nSPS) is 14.1. The molecule has 1 aromatic carbocycles. The first kappa shape index (κ1) is 12.7. The predicted octanol–water partition coefficient (Wildman–Crippen LogP) is 2.65. The van der Waals surface area contributed by atoms with E-state index in [1.54, 1.807) is 0 Å². The summed E-state index contributed by atoms with van der Waals surface area (Å²) < 4.78 is 10.6. The van der Waals surface area contributed by atoms with E-state index in [0.717, 1.165) is 24.1 Å². The molecule has 20 heavy (non-hydrogen) atoms. The lowest BCUT2D eigenvalue weighted by Crippen LogP contribution is -2.06. The number of nitrogens with zero attached hydrogens (tertiary/aromatic N) is 1. The number of ether oxygens (including phenoxy) is 2. The van der Waals surface area contributed by atoms with E-state index >= 15 is 0 Å². The molecule has 1 fully saturated rings. The maximum absolute atomic E-state index is 11.7. The standard InChI is InChI=1S/C15H16N2O3/c1-19-15(18)13-14(12(16-17-13)11-7-8-11)20-9-10-5-3-2-4-6-10/h2-6,11H,7-9H2,1H3,(H,16,17). The highest BCUT2D eigenvalue weighted by atomic mass is 16.5. The molecule has 2 aromatic rings. The number of hydrogen-bond acceptors (Lipinski definition) is 4. The minimum Gasteiger partial charge on any atom is -0.484 e. The number of nitrogens with one attached hydrogen (secondary N) is 1. The van der Waals surface area contributed by atoms with Crippen LogP contribution in [0, 0.1) is 0 Å². The molecule has 1 heterocycles. The van der Waals surface area contributed by atoms with E-state index in [1.807, 2.05) is 30.3 Å². The monoisotopic (exact) mass is 272 g/mol. The second-order valence-electron chi connectivity index (χ2n) is 4.85. The highest BCUT2D eigenvalue weighted by Gasteiger charge is 2.33. The molecular formula is C15H16N2O3. The first-order valence-corrected chi connectivity index (χ1v) is 6.63. The molecule has 0 unspecified atom stereocenters. The fourth-order valence-corrected chi connectivity index (χ4v) is 2.10. The van der Waals surface area contributed by atoms with Crippen molar-refractivity contribution in [2.24, 2.45) is 0 Å². The van der Waals surface area contributed by atoms with Gasteiger partial charge in [0.05, 0.1) is 7.11 Å². The first-order chi connectivity index (χ1) is 9.79. The van der Waals surface area contributed by atoms with Crippen molar-refractivity contribution in [1.82, 2.24) is 10.2 Å². The third kappa shape index (κ3) is 2.52. The van der Waals surface area contributed by atoms with Gasteiger partial charge in [-0.2, -0.15) is 5.10 Å². The van der Waals surface area contributed by atoms with Crippen LogP contribution in [-0.2, 0) is 11.3 Å². The van der Waals surface area contributed by atoms with Crippen LogP contribution in [0.2, 0.25) is 0 Å². The zero-order chi connectivity index (χ0) is 13.9. The van der Waals surface area contributed by atoms with Crippen molar-refractivity contribution in [3.8, 4) is 5.75 Å². The third-order valence-electron chi connectivity index (χ3n) is 3.33. The summed E-state index contributed by atoms with van der Waals surface area (Å²) in [4.78, 5) is 11.7. The Morgan fingerprint density at radius 2 is 2.10 bits per heavy atom. The van der Waals surface area contributed by atoms with Crippen molar-refractivity contribution in [3.05, 3.63) is 47.3 Å². The number of benzene rings is 1. The summed E-state index contributed by atoms with van der Waals surface area (Å²) in [6, 6.07) is 9.83. The number of rotatable bonds is 5. The van der Waals surface area contributed by atoms with E-state index in [4.69, 9.17) is 9.47 Å². The van der Waals surface area contributed by atoms with E-state index in [0.29, 0.717) is 24.0 Å². The fourth-order valence-electron chi connectivity index (χ4n) is 2.10. The lowest BCUT2D eigenvalue weighted by molar-refractivity contribution is 0.0588. The van der Waals surface area contributed by atoms with Crippen LogP contribution in [0.25, 0.3) is 0 Å². The predicted molar refractivity (Wildman–Crippen MR) is 72.7 cm³/mol. The molecule has 0 bridgehead atoms. The molecule has 0 spiro atoms. The summed E-state index contributed by atoms with van der Waals surface area (Å²) in [6.07, 6.45) is 2.18. The van der Waals surface area contributed by atoms with Crippen molar-refractivity contribution in [2.75, 3.05) is 7.11 Å². The van der Waals surface area contributed by atoms with Crippen molar-refractivity contribution < 1.29 is 14.3 Å². The number of aromatic amines is 1. The van der Waals surface area contributed by atoms with E-state index in [2.05, 4.69) is 10.2 Å². The van der Waals surface area contributed by atoms with Gasteiger partial charge >= 0.3 is 5.97 Å². The molecule has 5 nitrogen and oxygen atoms in total. The number of esters is 1. The number of H-pyrrole nitrogens is 1. The summed E-state index contributed by atoms with van der Waals surface area (Å²) in [5, 5.41) is 6.94. The number of hydrogen-bond donors (Lipinski definition) is 1. The SMILES string of the molecule is COC(=O)c1[nH]nc(C2CC2)c1OCc1ccccc1. The lowest BCUT2D eigenvalue weighted by Gasteiger charge is -2.08. The minimum atomic E-state index is -0.451. The van der Waals surface area contributed by atoms with Gasteiger partial charge in [-0.05, 0) is 18.4 Å². The Labute approximate surface area is 116 Å². The summed E-state index contributed by atoms with van der Waals surface area (Å²) in [5.74, 6) is 0.478. The molecule has 1 aliphatic rings. The number of carbonyl (C=O) groups is 1. The van der Waals surface area contributed by atoms with Gasteiger partial charge in [0.1, 0.15) is 12.3 Å². The molecular weight excluding hydrogens is 256 g/mol. The summed E-state index contributed by atoms with van der Waals surface area (Å²) in [7, 11) is 1.35. The maximum Gasteiger partial charge on any atom is 0.359 e. The largest absolute Gasteiger partial charge is 0.484 e. The van der Waals surface area contributed by atoms with Crippen molar-refractivity contribution in [3.63, 3.8) is 0 Å². The van der Waals surface area contributed by atoms with Gasteiger partial charge in [0.25, 0.3) is 0 Å². The molecule has 5 heteroatoms. The molecule has 0 amide bonds. The average Bonchev–Trinajstić information content (AvgIpc) is 3.25. The second-order valence-corrected chi connectivity index (χ2v) is 4.85. The Bertz CT molecular complexity index is 603. The topological polar surface area (TPSA) is 64.2 Å². The number of aromatic nitrogens is 2. The summed E-state index contributed by atoms with van der Waals surface area (Å²) in [6.45, 7) is 0.407. The van der Waals surface area contributed by atoms with Crippen LogP contribution in [0.4, 0.5) is 0 Å². The van der Waals surface area contributed by atoms with E-state index < -0.39 is 5.97 Å². The van der Waals surface area contributed by atoms with E-state index in [-0.39, 0.29) is 0 Å². The lowest BCUT2D eigenvalue weighted by atomic mass is 10.2. The van der Waals surface area contributed by atoms with E-state index in [9.17, 15) is 4.79 Å². The number of carbonyl (C=O) groups excluding carboxylic acids is 1. The van der Waals surface area contributed by atoms with Gasteiger partial charge in [-0.15, -0.1) is 0 Å². The molecule has 3 rings (SSSR count). The first-order valence-electron chi connectivity index (χ1n) is 6.63. The Hall–Kier alpha value is -2.30. The summed E-state index contributed by atoms with van der Waals surface area (Å²) >= 11 is 0. The van der Waals surface area contributed by atoms with E-state index in [1.165, 1.54) is 7.11 Å². The summed E-state index contributed by atoms with van der Waals surface area (Å²) in [5.41, 5.74) is 2.18. The molecule has 0 radical (unpaired) electrons. The molecule has 1 saturated carbocycles.